The van der Waals surface area contributed by atoms with Crippen molar-refractivity contribution in [1.29, 1.82) is 0 Å². The largest absolute Gasteiger partial charge is 0.0919 e. The van der Waals surface area contributed by atoms with E-state index in [1.54, 1.807) is 0 Å². The molecule has 10 heavy (non-hydrogen) atoms. The molecule has 0 bridgehead atoms. The first kappa shape index (κ1) is 16.4. The maximum absolute atomic E-state index is 2.12. The SMILES string of the molecule is CC=CC.CCC.CCC. The van der Waals surface area contributed by atoms with Gasteiger partial charge in [-0.15, -0.1) is 0 Å². The van der Waals surface area contributed by atoms with E-state index in [9.17, 15) is 0 Å². The van der Waals surface area contributed by atoms with Gasteiger partial charge < -0.3 is 0 Å². The van der Waals surface area contributed by atoms with Crippen molar-refractivity contribution in [2.45, 2.75) is 54.4 Å². The number of hydrogen-bond acceptors (Lipinski definition) is 0. The average molecular weight is 144 g/mol. The molecule has 0 fully saturated rings. The van der Waals surface area contributed by atoms with E-state index < -0.39 is 0 Å². The van der Waals surface area contributed by atoms with Crippen LogP contribution in [0.3, 0.4) is 0 Å². The first-order chi connectivity index (χ1) is 4.74. The Morgan fingerprint density at radius 2 is 0.800 bits per heavy atom. The lowest BCUT2D eigenvalue weighted by atomic mass is 10.6. The third kappa shape index (κ3) is 642. The summed E-state index contributed by atoms with van der Waals surface area (Å²) in [5.41, 5.74) is 0. The second-order valence-electron chi connectivity index (χ2n) is 2.08. The second kappa shape index (κ2) is 37.4. The molecule has 0 radical (unpaired) electrons. The van der Waals surface area contributed by atoms with Gasteiger partial charge in [0, 0.05) is 0 Å². The molecule has 0 aromatic carbocycles. The van der Waals surface area contributed by atoms with E-state index in [2.05, 4.69) is 27.7 Å². The fourth-order valence-corrected chi connectivity index (χ4v) is 0. The van der Waals surface area contributed by atoms with Gasteiger partial charge in [0.2, 0.25) is 0 Å². The van der Waals surface area contributed by atoms with Crippen molar-refractivity contribution in [1.82, 2.24) is 0 Å². The predicted molar refractivity (Wildman–Crippen MR) is 52.4 cm³/mol. The monoisotopic (exact) mass is 144 g/mol. The van der Waals surface area contributed by atoms with Crippen molar-refractivity contribution in [3.05, 3.63) is 12.2 Å². The van der Waals surface area contributed by atoms with Crippen LogP contribution in [0.5, 0.6) is 0 Å². The predicted octanol–water partition coefficient (Wildman–Crippen LogP) is 4.42. The summed E-state index contributed by atoms with van der Waals surface area (Å²) in [6, 6.07) is 0. The lowest BCUT2D eigenvalue weighted by molar-refractivity contribution is 1.09. The molecule has 64 valence electrons. The minimum absolute atomic E-state index is 1.25. The van der Waals surface area contributed by atoms with Crippen molar-refractivity contribution < 1.29 is 0 Å². The highest BCUT2D eigenvalue weighted by atomic mass is 13.4. The Morgan fingerprint density at radius 1 is 0.700 bits per heavy atom. The minimum atomic E-state index is 1.25. The fourth-order valence-electron chi connectivity index (χ4n) is 0. The van der Waals surface area contributed by atoms with Gasteiger partial charge in [-0.05, 0) is 13.8 Å². The van der Waals surface area contributed by atoms with Crippen LogP contribution in [0.25, 0.3) is 0 Å². The molecule has 0 spiro atoms. The number of hydrogen-bond donors (Lipinski definition) is 0. The van der Waals surface area contributed by atoms with E-state index in [0.717, 1.165) is 0 Å². The van der Waals surface area contributed by atoms with Crippen LogP contribution >= 0.6 is 0 Å². The maximum atomic E-state index is 2.12. The van der Waals surface area contributed by atoms with Crippen LogP contribution in [0.15, 0.2) is 12.2 Å². The summed E-state index contributed by atoms with van der Waals surface area (Å²) in [6.07, 6.45) is 6.50. The van der Waals surface area contributed by atoms with Gasteiger partial charge in [-0.25, -0.2) is 0 Å². The summed E-state index contributed by atoms with van der Waals surface area (Å²) in [4.78, 5) is 0. The molecule has 0 aliphatic carbocycles. The van der Waals surface area contributed by atoms with Crippen molar-refractivity contribution in [2.75, 3.05) is 0 Å². The third-order valence-corrected chi connectivity index (χ3v) is 0.333. The molecule has 0 aromatic heterocycles. The molecule has 0 N–H and O–H groups in total. The summed E-state index contributed by atoms with van der Waals surface area (Å²) in [5, 5.41) is 0. The molecule has 0 aliphatic heterocycles. The Kier molecular flexibility index (Phi) is 61.3. The van der Waals surface area contributed by atoms with Gasteiger partial charge in [-0.1, -0.05) is 52.7 Å². The van der Waals surface area contributed by atoms with Crippen LogP contribution in [0.4, 0.5) is 0 Å². The van der Waals surface area contributed by atoms with Crippen LogP contribution in [-0.2, 0) is 0 Å². The van der Waals surface area contributed by atoms with Crippen molar-refractivity contribution >= 4 is 0 Å². The van der Waals surface area contributed by atoms with Gasteiger partial charge >= 0.3 is 0 Å². The van der Waals surface area contributed by atoms with Crippen molar-refractivity contribution in [3.63, 3.8) is 0 Å². The zero-order valence-electron chi connectivity index (χ0n) is 8.57. The molecular formula is C10H24. The van der Waals surface area contributed by atoms with Crippen LogP contribution < -0.4 is 0 Å². The Hall–Kier alpha value is -0.260. The molecule has 0 atom stereocenters. The average Bonchev–Trinajstić information content (AvgIpc) is 1.91. The number of allylic oxidation sites excluding steroid dienone is 2. The molecule has 0 unspecified atom stereocenters. The molecule has 0 nitrogen and oxygen atoms in total. The molecular weight excluding hydrogens is 120 g/mol. The molecule has 0 heteroatoms. The topological polar surface area (TPSA) is 0 Å². The van der Waals surface area contributed by atoms with E-state index in [1.807, 2.05) is 26.0 Å². The number of rotatable bonds is 0. The Morgan fingerprint density at radius 3 is 0.800 bits per heavy atom. The van der Waals surface area contributed by atoms with Gasteiger partial charge in [-0.3, -0.25) is 0 Å². The van der Waals surface area contributed by atoms with Crippen LogP contribution in [-0.4, -0.2) is 0 Å². The summed E-state index contributed by atoms with van der Waals surface area (Å²) in [5.74, 6) is 0. The summed E-state index contributed by atoms with van der Waals surface area (Å²) < 4.78 is 0. The van der Waals surface area contributed by atoms with E-state index in [-0.39, 0.29) is 0 Å². The summed E-state index contributed by atoms with van der Waals surface area (Å²) in [7, 11) is 0. The molecule has 0 saturated heterocycles. The van der Waals surface area contributed by atoms with E-state index in [1.165, 1.54) is 12.8 Å². The van der Waals surface area contributed by atoms with E-state index in [4.69, 9.17) is 0 Å². The first-order valence-corrected chi connectivity index (χ1v) is 4.32. The van der Waals surface area contributed by atoms with Gasteiger partial charge in [0.15, 0.2) is 0 Å². The minimum Gasteiger partial charge on any atom is -0.0919 e. The summed E-state index contributed by atoms with van der Waals surface area (Å²) >= 11 is 0. The smallest absolute Gasteiger partial charge is 0.0470 e. The van der Waals surface area contributed by atoms with E-state index in [0.29, 0.717) is 0 Å². The van der Waals surface area contributed by atoms with Crippen molar-refractivity contribution in [2.24, 2.45) is 0 Å². The quantitative estimate of drug-likeness (QED) is 0.442. The normalized spacial score (nSPS) is 7.40. The molecule has 0 saturated carbocycles. The van der Waals surface area contributed by atoms with Gasteiger partial charge in [0.25, 0.3) is 0 Å². The van der Waals surface area contributed by atoms with Gasteiger partial charge in [-0.2, -0.15) is 0 Å². The Bertz CT molecular complexity index is 29.3. The Balaban J connectivity index is -0.0000000750. The zero-order chi connectivity index (χ0) is 8.83. The standard InChI is InChI=1S/C4H8.2C3H8/c1-3-4-2;2*1-3-2/h3-4H,1-2H3;2*3H2,1-2H3. The summed E-state index contributed by atoms with van der Waals surface area (Å²) in [6.45, 7) is 12.5. The van der Waals surface area contributed by atoms with Crippen molar-refractivity contribution in [3.8, 4) is 0 Å². The first-order valence-electron chi connectivity index (χ1n) is 4.32. The highest BCUT2D eigenvalue weighted by molar-refractivity contribution is 4.68. The molecule has 0 rings (SSSR count). The fraction of sp³-hybridized carbons (Fsp3) is 0.800. The van der Waals surface area contributed by atoms with E-state index >= 15 is 0 Å². The van der Waals surface area contributed by atoms with Crippen LogP contribution in [0.1, 0.15) is 54.4 Å². The Labute approximate surface area is 67.3 Å². The lowest BCUT2D eigenvalue weighted by Gasteiger charge is -1.49. The third-order valence-electron chi connectivity index (χ3n) is 0.333. The lowest BCUT2D eigenvalue weighted by Crippen LogP contribution is -1.27. The van der Waals surface area contributed by atoms with Gasteiger partial charge in [0.05, 0.1) is 0 Å². The highest BCUT2D eigenvalue weighted by Crippen LogP contribution is 1.57. The van der Waals surface area contributed by atoms with Gasteiger partial charge in [0.1, 0.15) is 0 Å². The van der Waals surface area contributed by atoms with Crippen LogP contribution in [0.2, 0.25) is 0 Å². The maximum Gasteiger partial charge on any atom is -0.0470 e. The molecule has 0 amide bonds. The molecule has 0 aromatic rings. The zero-order valence-corrected chi connectivity index (χ0v) is 8.57. The highest BCUT2D eigenvalue weighted by Gasteiger charge is 1.36. The molecule has 0 heterocycles. The molecule has 0 aliphatic rings. The van der Waals surface area contributed by atoms with Crippen LogP contribution in [0, 0.1) is 0 Å². The second-order valence-corrected chi connectivity index (χ2v) is 2.08.